The second-order valence-electron chi connectivity index (χ2n) is 5.22. The second-order valence-corrected chi connectivity index (χ2v) is 5.66. The minimum atomic E-state index is -1.16. The van der Waals surface area contributed by atoms with Crippen LogP contribution >= 0.6 is 11.6 Å². The predicted octanol–water partition coefficient (Wildman–Crippen LogP) is 2.19. The zero-order valence-electron chi connectivity index (χ0n) is 13.3. The minimum Gasteiger partial charge on any atom is -0.478 e. The van der Waals surface area contributed by atoms with Crippen LogP contribution in [0.2, 0.25) is 5.02 Å². The standard InChI is InChI=1S/C17H13ClN4O4/c18-10-4-9-5-11(26-14(9)12(6-10)17(24)25)8-22-16(23)13(7-19)15-20-2-1-3-21-15/h1-7H,8,19H2,(H,22,23)(H,24,25)/b13-7+. The monoisotopic (exact) mass is 372 g/mol. The zero-order chi connectivity index (χ0) is 18.7. The summed E-state index contributed by atoms with van der Waals surface area (Å²) in [6.45, 7) is 0.0222. The van der Waals surface area contributed by atoms with Crippen molar-refractivity contribution >= 4 is 40.0 Å². The number of hydrogen-bond acceptors (Lipinski definition) is 6. The van der Waals surface area contributed by atoms with E-state index in [2.05, 4.69) is 15.3 Å². The summed E-state index contributed by atoms with van der Waals surface area (Å²) in [6, 6.07) is 6.12. The number of aromatic nitrogens is 2. The molecule has 3 rings (SSSR count). The maximum atomic E-state index is 12.3. The van der Waals surface area contributed by atoms with E-state index in [-0.39, 0.29) is 34.1 Å². The molecule has 3 aromatic rings. The van der Waals surface area contributed by atoms with Crippen molar-refractivity contribution in [3.8, 4) is 0 Å². The number of aromatic carboxylic acids is 1. The van der Waals surface area contributed by atoms with Gasteiger partial charge in [0.2, 0.25) is 0 Å². The van der Waals surface area contributed by atoms with Gasteiger partial charge in [0.15, 0.2) is 5.82 Å². The van der Waals surface area contributed by atoms with Gasteiger partial charge in [0.25, 0.3) is 5.91 Å². The highest BCUT2D eigenvalue weighted by Gasteiger charge is 2.17. The first-order chi connectivity index (χ1) is 12.5. The smallest absolute Gasteiger partial charge is 0.339 e. The molecule has 9 heteroatoms. The topological polar surface area (TPSA) is 131 Å². The first-order valence-electron chi connectivity index (χ1n) is 7.42. The fraction of sp³-hybridized carbons (Fsp3) is 0.0588. The first-order valence-corrected chi connectivity index (χ1v) is 7.80. The quantitative estimate of drug-likeness (QED) is 0.585. The Hall–Kier alpha value is -3.39. The van der Waals surface area contributed by atoms with Crippen LogP contribution in [0.3, 0.4) is 0 Å². The van der Waals surface area contributed by atoms with Crippen LogP contribution in [0.25, 0.3) is 16.5 Å². The Bertz CT molecular complexity index is 1010. The molecule has 2 aromatic heterocycles. The van der Waals surface area contributed by atoms with Crippen LogP contribution in [0.5, 0.6) is 0 Å². The summed E-state index contributed by atoms with van der Waals surface area (Å²) >= 11 is 5.92. The van der Waals surface area contributed by atoms with E-state index in [1.54, 1.807) is 18.2 Å². The number of carboxylic acid groups (broad SMARTS) is 1. The number of nitrogens with zero attached hydrogens (tertiary/aromatic N) is 2. The molecule has 1 aromatic carbocycles. The number of fused-ring (bicyclic) bond motifs is 1. The average molecular weight is 373 g/mol. The van der Waals surface area contributed by atoms with E-state index < -0.39 is 11.9 Å². The minimum absolute atomic E-state index is 0.0222. The van der Waals surface area contributed by atoms with Gasteiger partial charge in [-0.05, 0) is 24.3 Å². The van der Waals surface area contributed by atoms with Crippen LogP contribution in [0, 0.1) is 0 Å². The molecule has 8 nitrogen and oxygen atoms in total. The number of carbonyl (C=O) groups is 2. The van der Waals surface area contributed by atoms with E-state index in [0.29, 0.717) is 11.1 Å². The number of halogens is 1. The van der Waals surface area contributed by atoms with Gasteiger partial charge in [-0.1, -0.05) is 11.6 Å². The maximum absolute atomic E-state index is 12.3. The molecule has 0 spiro atoms. The van der Waals surface area contributed by atoms with Gasteiger partial charge in [0.1, 0.15) is 16.9 Å². The lowest BCUT2D eigenvalue weighted by Gasteiger charge is -2.05. The number of carboxylic acids is 1. The number of nitrogens with one attached hydrogen (secondary N) is 1. The number of rotatable bonds is 5. The molecule has 0 bridgehead atoms. The number of benzene rings is 1. The molecule has 0 aliphatic carbocycles. The third-order valence-electron chi connectivity index (χ3n) is 3.50. The van der Waals surface area contributed by atoms with E-state index in [1.165, 1.54) is 18.5 Å². The third-order valence-corrected chi connectivity index (χ3v) is 3.72. The largest absolute Gasteiger partial charge is 0.478 e. The molecule has 4 N–H and O–H groups in total. The van der Waals surface area contributed by atoms with Gasteiger partial charge in [-0.3, -0.25) is 4.79 Å². The van der Waals surface area contributed by atoms with Gasteiger partial charge >= 0.3 is 5.97 Å². The number of carbonyl (C=O) groups excluding carboxylic acids is 1. The Kier molecular flexibility index (Phi) is 4.85. The Balaban J connectivity index is 1.80. The van der Waals surface area contributed by atoms with Crippen LogP contribution in [-0.2, 0) is 11.3 Å². The Morgan fingerprint density at radius 3 is 2.65 bits per heavy atom. The molecular formula is C17H13ClN4O4. The van der Waals surface area contributed by atoms with Gasteiger partial charge in [-0.15, -0.1) is 0 Å². The summed E-state index contributed by atoms with van der Waals surface area (Å²) in [6.07, 6.45) is 4.11. The van der Waals surface area contributed by atoms with E-state index in [4.69, 9.17) is 21.8 Å². The molecular weight excluding hydrogens is 360 g/mol. The highest BCUT2D eigenvalue weighted by atomic mass is 35.5. The second kappa shape index (κ2) is 7.24. The highest BCUT2D eigenvalue weighted by molar-refractivity contribution is 6.32. The fourth-order valence-corrected chi connectivity index (χ4v) is 2.60. The van der Waals surface area contributed by atoms with Crippen molar-refractivity contribution in [1.29, 1.82) is 0 Å². The van der Waals surface area contributed by atoms with E-state index in [0.717, 1.165) is 6.20 Å². The molecule has 132 valence electrons. The molecule has 26 heavy (non-hydrogen) atoms. The molecule has 1 amide bonds. The lowest BCUT2D eigenvalue weighted by molar-refractivity contribution is -0.115. The van der Waals surface area contributed by atoms with Gasteiger partial charge in [0.05, 0.1) is 12.1 Å². The van der Waals surface area contributed by atoms with Gasteiger partial charge < -0.3 is 20.6 Å². The van der Waals surface area contributed by atoms with Crippen molar-refractivity contribution in [1.82, 2.24) is 15.3 Å². The lowest BCUT2D eigenvalue weighted by Crippen LogP contribution is -2.25. The van der Waals surface area contributed by atoms with Gasteiger partial charge in [-0.25, -0.2) is 14.8 Å². The first kappa shape index (κ1) is 17.4. The molecule has 0 unspecified atom stereocenters. The van der Waals surface area contributed by atoms with Crippen LogP contribution < -0.4 is 11.1 Å². The molecule has 0 aliphatic rings. The molecule has 0 atom stereocenters. The maximum Gasteiger partial charge on any atom is 0.339 e. The number of hydrogen-bond donors (Lipinski definition) is 3. The molecule has 2 heterocycles. The van der Waals surface area contributed by atoms with Crippen LogP contribution in [0.15, 0.2) is 47.3 Å². The van der Waals surface area contributed by atoms with Gasteiger partial charge in [-0.2, -0.15) is 0 Å². The molecule has 0 radical (unpaired) electrons. The van der Waals surface area contributed by atoms with Crippen molar-refractivity contribution in [2.75, 3.05) is 0 Å². The van der Waals surface area contributed by atoms with Crippen LogP contribution in [0.4, 0.5) is 0 Å². The number of furan rings is 1. The Labute approximate surface area is 152 Å². The molecule has 0 aliphatic heterocycles. The van der Waals surface area contributed by atoms with Crippen molar-refractivity contribution in [3.63, 3.8) is 0 Å². The highest BCUT2D eigenvalue weighted by Crippen LogP contribution is 2.27. The van der Waals surface area contributed by atoms with Crippen molar-refractivity contribution < 1.29 is 19.1 Å². The van der Waals surface area contributed by atoms with E-state index in [9.17, 15) is 14.7 Å². The summed E-state index contributed by atoms with van der Waals surface area (Å²) in [7, 11) is 0. The van der Waals surface area contributed by atoms with Crippen molar-refractivity contribution in [2.45, 2.75) is 6.54 Å². The summed E-state index contributed by atoms with van der Waals surface area (Å²) < 4.78 is 5.55. The Morgan fingerprint density at radius 1 is 1.27 bits per heavy atom. The lowest BCUT2D eigenvalue weighted by atomic mass is 10.1. The van der Waals surface area contributed by atoms with Crippen LogP contribution in [0.1, 0.15) is 21.9 Å². The van der Waals surface area contributed by atoms with Crippen LogP contribution in [-0.4, -0.2) is 27.0 Å². The van der Waals surface area contributed by atoms with Gasteiger partial charge in [0, 0.05) is 29.0 Å². The number of amides is 1. The third kappa shape index (κ3) is 3.50. The SMILES string of the molecule is N/C=C(/C(=O)NCc1cc2cc(Cl)cc(C(=O)O)c2o1)c1ncccn1. The van der Waals surface area contributed by atoms with E-state index >= 15 is 0 Å². The summed E-state index contributed by atoms with van der Waals surface area (Å²) in [5, 5.41) is 12.7. The fourth-order valence-electron chi connectivity index (χ4n) is 2.37. The van der Waals surface area contributed by atoms with E-state index in [1.807, 2.05) is 0 Å². The predicted molar refractivity (Wildman–Crippen MR) is 94.2 cm³/mol. The average Bonchev–Trinajstić information content (AvgIpc) is 3.03. The molecule has 0 saturated carbocycles. The summed E-state index contributed by atoms with van der Waals surface area (Å²) in [4.78, 5) is 31.6. The molecule has 0 fully saturated rings. The molecule has 0 saturated heterocycles. The van der Waals surface area contributed by atoms with Crippen molar-refractivity contribution in [2.24, 2.45) is 5.73 Å². The van der Waals surface area contributed by atoms with Crippen molar-refractivity contribution in [3.05, 3.63) is 65.0 Å². The zero-order valence-corrected chi connectivity index (χ0v) is 14.0. The summed E-state index contributed by atoms with van der Waals surface area (Å²) in [5.41, 5.74) is 5.74. The normalized spacial score (nSPS) is 11.5. The summed E-state index contributed by atoms with van der Waals surface area (Å²) in [5.74, 6) is -1.09. The number of nitrogens with two attached hydrogens (primary N) is 1. The Morgan fingerprint density at radius 2 is 2.00 bits per heavy atom.